The molecule has 0 saturated heterocycles. The van der Waals surface area contributed by atoms with Gasteiger partial charge in [-0.15, -0.1) is 0 Å². The van der Waals surface area contributed by atoms with Gasteiger partial charge in [0.25, 0.3) is 11.1 Å². The summed E-state index contributed by atoms with van der Waals surface area (Å²) in [5.41, 5.74) is 1.41. The fraction of sp³-hybridized carbons (Fsp3) is 0.217. The smallest absolute Gasteiger partial charge is 0.268 e. The number of sulfone groups is 1. The molecular formula is C23H21ClN4O5S2. The van der Waals surface area contributed by atoms with Crippen molar-refractivity contribution in [3.05, 3.63) is 64.2 Å². The van der Waals surface area contributed by atoms with Crippen molar-refractivity contribution in [3.8, 4) is 17.6 Å². The van der Waals surface area contributed by atoms with Gasteiger partial charge in [-0.25, -0.2) is 8.42 Å². The number of nitriles is 1. The Bertz CT molecular complexity index is 1380. The number of carbonyl (C=O) groups excluding carboxylic acids is 1. The third kappa shape index (κ3) is 7.26. The van der Waals surface area contributed by atoms with Gasteiger partial charge in [0.15, 0.2) is 0 Å². The van der Waals surface area contributed by atoms with Crippen molar-refractivity contribution < 1.29 is 22.7 Å². The number of amides is 1. The lowest BCUT2D eigenvalue weighted by molar-refractivity contribution is -0.112. The number of aryl methyl sites for hydroxylation is 1. The van der Waals surface area contributed by atoms with Gasteiger partial charge in [0, 0.05) is 11.5 Å². The molecule has 0 atom stereocenters. The van der Waals surface area contributed by atoms with E-state index in [-0.39, 0.29) is 28.2 Å². The molecule has 1 N–H and O–H groups in total. The predicted octanol–water partition coefficient (Wildman–Crippen LogP) is 4.30. The normalized spacial score (nSPS) is 11.5. The first-order valence-electron chi connectivity index (χ1n) is 10.3. The lowest BCUT2D eigenvalue weighted by Gasteiger charge is -2.10. The summed E-state index contributed by atoms with van der Waals surface area (Å²) in [6.45, 7) is 4.06. The maximum atomic E-state index is 12.5. The molecular weight excluding hydrogens is 512 g/mol. The van der Waals surface area contributed by atoms with Crippen molar-refractivity contribution in [3.63, 3.8) is 0 Å². The lowest BCUT2D eigenvalue weighted by Crippen LogP contribution is -2.13. The van der Waals surface area contributed by atoms with Crippen molar-refractivity contribution >= 4 is 50.1 Å². The molecule has 0 aliphatic heterocycles. The Labute approximate surface area is 212 Å². The topological polar surface area (TPSA) is 131 Å². The molecule has 35 heavy (non-hydrogen) atoms. The summed E-state index contributed by atoms with van der Waals surface area (Å²) in [5, 5.41) is 11.7. The first kappa shape index (κ1) is 26.2. The number of halogens is 1. The van der Waals surface area contributed by atoms with Gasteiger partial charge in [-0.3, -0.25) is 10.1 Å². The summed E-state index contributed by atoms with van der Waals surface area (Å²) in [6.07, 6.45) is 1.34. The van der Waals surface area contributed by atoms with Crippen LogP contribution in [0.15, 0.2) is 53.2 Å². The summed E-state index contributed by atoms with van der Waals surface area (Å²) in [4.78, 5) is 16.3. The molecule has 0 saturated carbocycles. The number of benzene rings is 2. The number of anilines is 1. The molecule has 0 aliphatic rings. The van der Waals surface area contributed by atoms with Crippen LogP contribution in [0.1, 0.15) is 18.1 Å². The third-order valence-corrected chi connectivity index (χ3v) is 7.09. The van der Waals surface area contributed by atoms with Crippen molar-refractivity contribution in [1.82, 2.24) is 9.36 Å². The Morgan fingerprint density at radius 2 is 1.91 bits per heavy atom. The minimum absolute atomic E-state index is 0.0298. The second-order valence-corrected chi connectivity index (χ2v) is 10.4. The van der Waals surface area contributed by atoms with Gasteiger partial charge in [0.2, 0.25) is 15.0 Å². The van der Waals surface area contributed by atoms with Gasteiger partial charge in [0.05, 0.1) is 10.8 Å². The lowest BCUT2D eigenvalue weighted by atomic mass is 10.1. The minimum Gasteiger partial charge on any atom is -0.490 e. The molecule has 182 valence electrons. The quantitative estimate of drug-likeness (QED) is 0.232. The predicted molar refractivity (Wildman–Crippen MR) is 133 cm³/mol. The molecule has 12 heteroatoms. The van der Waals surface area contributed by atoms with Crippen LogP contribution in [0.2, 0.25) is 5.02 Å². The summed E-state index contributed by atoms with van der Waals surface area (Å²) >= 11 is 7.00. The summed E-state index contributed by atoms with van der Waals surface area (Å²) in [6, 6.07) is 14.3. The standard InChI is InChI=1S/C23H21ClN4O5S2/c1-3-35(30,31)23-27-22(34-28-23)26-21(29)17(14-25)12-16-6-9-20(19(24)13-16)33-11-10-32-18-7-4-15(2)5-8-18/h4-9,12-13H,3,10-11H2,1-2H3,(H,26,27,28,29). The van der Waals surface area contributed by atoms with E-state index in [0.717, 1.165) is 11.3 Å². The number of hydrogen-bond donors (Lipinski definition) is 1. The average Bonchev–Trinajstić information content (AvgIpc) is 3.31. The van der Waals surface area contributed by atoms with Crippen LogP contribution in [-0.4, -0.2) is 42.6 Å². The molecule has 1 aromatic heterocycles. The molecule has 3 rings (SSSR count). The zero-order valence-electron chi connectivity index (χ0n) is 18.8. The van der Waals surface area contributed by atoms with Gasteiger partial charge >= 0.3 is 0 Å². The van der Waals surface area contributed by atoms with E-state index in [1.54, 1.807) is 18.2 Å². The zero-order valence-corrected chi connectivity index (χ0v) is 21.2. The van der Waals surface area contributed by atoms with Gasteiger partial charge in [0.1, 0.15) is 36.4 Å². The molecule has 0 unspecified atom stereocenters. The van der Waals surface area contributed by atoms with Crippen molar-refractivity contribution in [2.24, 2.45) is 0 Å². The molecule has 1 amide bonds. The van der Waals surface area contributed by atoms with Crippen molar-refractivity contribution in [2.45, 2.75) is 19.0 Å². The summed E-state index contributed by atoms with van der Waals surface area (Å²) in [5.74, 6) is 0.247. The van der Waals surface area contributed by atoms with E-state index in [1.807, 2.05) is 37.3 Å². The van der Waals surface area contributed by atoms with E-state index in [0.29, 0.717) is 34.5 Å². The fourth-order valence-corrected chi connectivity index (χ4v) is 4.49. The van der Waals surface area contributed by atoms with Crippen LogP contribution >= 0.6 is 23.1 Å². The van der Waals surface area contributed by atoms with Crippen LogP contribution in [-0.2, 0) is 14.6 Å². The van der Waals surface area contributed by atoms with Crippen LogP contribution in [0.3, 0.4) is 0 Å². The monoisotopic (exact) mass is 532 g/mol. The molecule has 0 bridgehead atoms. The number of hydrogen-bond acceptors (Lipinski definition) is 9. The van der Waals surface area contributed by atoms with Crippen LogP contribution in [0.4, 0.5) is 5.13 Å². The van der Waals surface area contributed by atoms with E-state index in [9.17, 15) is 18.5 Å². The summed E-state index contributed by atoms with van der Waals surface area (Å²) < 4.78 is 38.7. The van der Waals surface area contributed by atoms with E-state index < -0.39 is 15.7 Å². The molecule has 3 aromatic rings. The molecule has 9 nitrogen and oxygen atoms in total. The van der Waals surface area contributed by atoms with Gasteiger partial charge in [-0.05, 0) is 42.8 Å². The first-order chi connectivity index (χ1) is 16.7. The third-order valence-electron chi connectivity index (χ3n) is 4.55. The Morgan fingerprint density at radius 1 is 1.20 bits per heavy atom. The Balaban J connectivity index is 1.60. The van der Waals surface area contributed by atoms with E-state index in [1.165, 1.54) is 13.0 Å². The Hall–Kier alpha value is -3.46. The molecule has 2 aromatic carbocycles. The highest BCUT2D eigenvalue weighted by molar-refractivity contribution is 7.91. The largest absolute Gasteiger partial charge is 0.490 e. The molecule has 0 fully saturated rings. The van der Waals surface area contributed by atoms with Gasteiger partial charge < -0.3 is 9.47 Å². The number of nitrogens with zero attached hydrogens (tertiary/aromatic N) is 3. The van der Waals surface area contributed by atoms with Gasteiger partial charge in [-0.1, -0.05) is 42.3 Å². The van der Waals surface area contributed by atoms with Crippen LogP contribution in [0.25, 0.3) is 6.08 Å². The molecule has 1 heterocycles. The molecule has 0 aliphatic carbocycles. The first-order valence-corrected chi connectivity index (χ1v) is 13.1. The second kappa shape index (κ2) is 11.8. The minimum atomic E-state index is -3.60. The zero-order chi connectivity index (χ0) is 25.4. The molecule has 0 radical (unpaired) electrons. The number of ether oxygens (including phenoxy) is 2. The van der Waals surface area contributed by atoms with Crippen molar-refractivity contribution in [1.29, 1.82) is 5.26 Å². The SMILES string of the molecule is CCS(=O)(=O)c1nsc(NC(=O)C(C#N)=Cc2ccc(OCCOc3ccc(C)cc3)c(Cl)c2)n1. The van der Waals surface area contributed by atoms with E-state index in [4.69, 9.17) is 21.1 Å². The van der Waals surface area contributed by atoms with E-state index >= 15 is 0 Å². The number of nitrogens with one attached hydrogen (secondary N) is 1. The highest BCUT2D eigenvalue weighted by atomic mass is 35.5. The summed E-state index contributed by atoms with van der Waals surface area (Å²) in [7, 11) is -3.60. The van der Waals surface area contributed by atoms with Crippen LogP contribution in [0.5, 0.6) is 11.5 Å². The average molecular weight is 533 g/mol. The number of rotatable bonds is 10. The highest BCUT2D eigenvalue weighted by Crippen LogP contribution is 2.27. The second-order valence-electron chi connectivity index (χ2n) is 7.11. The maximum absolute atomic E-state index is 12.5. The number of aromatic nitrogens is 2. The van der Waals surface area contributed by atoms with Crippen LogP contribution in [0, 0.1) is 18.3 Å². The highest BCUT2D eigenvalue weighted by Gasteiger charge is 2.20. The Kier molecular flexibility index (Phi) is 8.81. The number of carbonyl (C=O) groups is 1. The fourth-order valence-electron chi connectivity index (χ4n) is 2.67. The maximum Gasteiger partial charge on any atom is 0.268 e. The van der Waals surface area contributed by atoms with Crippen LogP contribution < -0.4 is 14.8 Å². The van der Waals surface area contributed by atoms with E-state index in [2.05, 4.69) is 14.7 Å². The Morgan fingerprint density at radius 3 is 2.57 bits per heavy atom. The van der Waals surface area contributed by atoms with Gasteiger partial charge in [-0.2, -0.15) is 14.6 Å². The molecule has 0 spiro atoms. The van der Waals surface area contributed by atoms with Crippen molar-refractivity contribution in [2.75, 3.05) is 24.3 Å².